The van der Waals surface area contributed by atoms with E-state index in [1.165, 1.54) is 30.3 Å². The van der Waals surface area contributed by atoms with Crippen LogP contribution in [0, 0.1) is 0 Å². The smallest absolute Gasteiger partial charge is 0.255 e. The van der Waals surface area contributed by atoms with Crippen LogP contribution in [0.2, 0.25) is 5.02 Å². The summed E-state index contributed by atoms with van der Waals surface area (Å²) in [5, 5.41) is 2.98. The minimum Gasteiger partial charge on any atom is -0.454 e. The number of carbonyl (C=O) groups excluding carboxylic acids is 1. The molecule has 126 valence electrons. The minimum atomic E-state index is -3.27. The molecular formula is C16H14ClNO5S. The molecule has 0 aromatic heterocycles. The monoisotopic (exact) mass is 367 g/mol. The number of ether oxygens (including phenoxy) is 2. The number of benzene rings is 2. The fourth-order valence-electron chi connectivity index (χ4n) is 2.21. The van der Waals surface area contributed by atoms with E-state index in [2.05, 4.69) is 5.32 Å². The van der Waals surface area contributed by atoms with Crippen molar-refractivity contribution in [2.45, 2.75) is 11.8 Å². The Bertz CT molecular complexity index is 893. The zero-order chi connectivity index (χ0) is 17.3. The van der Waals surface area contributed by atoms with Gasteiger partial charge in [0.15, 0.2) is 21.3 Å². The molecule has 1 heterocycles. The average molecular weight is 368 g/mol. The number of hydrogen-bond donors (Lipinski definition) is 1. The van der Waals surface area contributed by atoms with Gasteiger partial charge in [-0.05, 0) is 36.4 Å². The van der Waals surface area contributed by atoms with Crippen molar-refractivity contribution in [1.29, 1.82) is 0 Å². The maximum Gasteiger partial charge on any atom is 0.255 e. The molecule has 0 spiro atoms. The number of amides is 1. The molecule has 8 heteroatoms. The Labute approximate surface area is 144 Å². The summed E-state index contributed by atoms with van der Waals surface area (Å²) in [5.41, 5.74) is 0.790. The van der Waals surface area contributed by atoms with Gasteiger partial charge in [-0.1, -0.05) is 18.5 Å². The van der Waals surface area contributed by atoms with Crippen molar-refractivity contribution in [2.75, 3.05) is 17.9 Å². The maximum atomic E-state index is 12.3. The van der Waals surface area contributed by atoms with Crippen LogP contribution < -0.4 is 14.8 Å². The number of nitrogens with one attached hydrogen (secondary N) is 1. The van der Waals surface area contributed by atoms with Crippen LogP contribution in [-0.2, 0) is 9.84 Å². The van der Waals surface area contributed by atoms with E-state index >= 15 is 0 Å². The Morgan fingerprint density at radius 2 is 1.92 bits per heavy atom. The quantitative estimate of drug-likeness (QED) is 0.897. The van der Waals surface area contributed by atoms with Gasteiger partial charge < -0.3 is 14.8 Å². The maximum absolute atomic E-state index is 12.3. The largest absolute Gasteiger partial charge is 0.454 e. The van der Waals surface area contributed by atoms with E-state index in [-0.39, 0.29) is 23.3 Å². The first kappa shape index (κ1) is 16.6. The predicted molar refractivity (Wildman–Crippen MR) is 89.7 cm³/mol. The van der Waals surface area contributed by atoms with E-state index in [0.29, 0.717) is 27.8 Å². The first-order valence-corrected chi connectivity index (χ1v) is 9.17. The van der Waals surface area contributed by atoms with Gasteiger partial charge in [0.25, 0.3) is 5.91 Å². The number of sulfone groups is 1. The van der Waals surface area contributed by atoms with Crippen LogP contribution in [0.3, 0.4) is 0 Å². The van der Waals surface area contributed by atoms with Gasteiger partial charge >= 0.3 is 0 Å². The van der Waals surface area contributed by atoms with E-state index < -0.39 is 9.84 Å². The standard InChI is InChI=1S/C16H14ClNO5S/c1-2-24(20,21)12-5-3-11(4-6-12)18-16(19)10-7-13(17)15-14(8-10)22-9-23-15/h3-8H,2,9H2,1H3,(H,18,19). The lowest BCUT2D eigenvalue weighted by atomic mass is 10.2. The Morgan fingerprint density at radius 3 is 2.58 bits per heavy atom. The van der Waals surface area contributed by atoms with Gasteiger partial charge in [-0.15, -0.1) is 0 Å². The van der Waals surface area contributed by atoms with Gasteiger partial charge in [0.1, 0.15) is 0 Å². The van der Waals surface area contributed by atoms with Gasteiger partial charge in [-0.2, -0.15) is 0 Å². The van der Waals surface area contributed by atoms with Gasteiger partial charge in [0, 0.05) is 11.3 Å². The first-order valence-electron chi connectivity index (χ1n) is 7.14. The highest BCUT2D eigenvalue weighted by atomic mass is 35.5. The van der Waals surface area contributed by atoms with Crippen LogP contribution in [0.15, 0.2) is 41.3 Å². The lowest BCUT2D eigenvalue weighted by molar-refractivity contribution is 0.102. The second-order valence-electron chi connectivity index (χ2n) is 5.07. The summed E-state index contributed by atoms with van der Waals surface area (Å²) < 4.78 is 34.0. The molecule has 0 unspecified atom stereocenters. The van der Waals surface area contributed by atoms with E-state index in [4.69, 9.17) is 21.1 Å². The molecule has 0 atom stereocenters. The van der Waals surface area contributed by atoms with Crippen LogP contribution in [0.25, 0.3) is 0 Å². The summed E-state index contributed by atoms with van der Waals surface area (Å²) in [6.07, 6.45) is 0. The topological polar surface area (TPSA) is 81.7 Å². The van der Waals surface area contributed by atoms with E-state index in [9.17, 15) is 13.2 Å². The van der Waals surface area contributed by atoms with Crippen molar-refractivity contribution in [1.82, 2.24) is 0 Å². The minimum absolute atomic E-state index is 0.0222. The lowest BCUT2D eigenvalue weighted by Gasteiger charge is -2.08. The van der Waals surface area contributed by atoms with Gasteiger partial charge in [-0.3, -0.25) is 4.79 Å². The van der Waals surface area contributed by atoms with Crippen LogP contribution in [0.4, 0.5) is 5.69 Å². The summed E-state index contributed by atoms with van der Waals surface area (Å²) in [7, 11) is -3.27. The van der Waals surface area contributed by atoms with Gasteiger partial charge in [0.2, 0.25) is 6.79 Å². The molecule has 0 saturated heterocycles. The van der Waals surface area contributed by atoms with Crippen molar-refractivity contribution in [3.8, 4) is 11.5 Å². The fraction of sp³-hybridized carbons (Fsp3) is 0.188. The molecule has 6 nitrogen and oxygen atoms in total. The zero-order valence-electron chi connectivity index (χ0n) is 12.7. The lowest BCUT2D eigenvalue weighted by Crippen LogP contribution is -2.12. The zero-order valence-corrected chi connectivity index (χ0v) is 14.3. The summed E-state index contributed by atoms with van der Waals surface area (Å²) in [4.78, 5) is 12.5. The molecule has 1 aliphatic rings. The number of fused-ring (bicyclic) bond motifs is 1. The molecule has 0 radical (unpaired) electrons. The third-order valence-electron chi connectivity index (χ3n) is 3.54. The normalized spacial score (nSPS) is 12.9. The number of rotatable bonds is 4. The molecule has 1 N–H and O–H groups in total. The SMILES string of the molecule is CCS(=O)(=O)c1ccc(NC(=O)c2cc(Cl)c3c(c2)OCO3)cc1. The van der Waals surface area contributed by atoms with E-state index in [0.717, 1.165) is 0 Å². The molecule has 3 rings (SSSR count). The molecule has 24 heavy (non-hydrogen) atoms. The van der Waals surface area contributed by atoms with Crippen LogP contribution in [-0.4, -0.2) is 26.9 Å². The van der Waals surface area contributed by atoms with Crippen LogP contribution in [0.1, 0.15) is 17.3 Å². The molecule has 1 amide bonds. The molecular weight excluding hydrogens is 354 g/mol. The van der Waals surface area contributed by atoms with Gasteiger partial charge in [-0.25, -0.2) is 8.42 Å². The molecule has 0 bridgehead atoms. The Balaban J connectivity index is 1.79. The number of halogens is 1. The number of hydrogen-bond acceptors (Lipinski definition) is 5. The molecule has 2 aromatic carbocycles. The molecule has 0 aliphatic carbocycles. The fourth-order valence-corrected chi connectivity index (χ4v) is 3.36. The second kappa shape index (κ2) is 6.33. The predicted octanol–water partition coefficient (Wildman–Crippen LogP) is 3.11. The van der Waals surface area contributed by atoms with E-state index in [1.807, 2.05) is 0 Å². The summed E-state index contributed by atoms with van der Waals surface area (Å²) in [5.74, 6) is 0.467. The van der Waals surface area contributed by atoms with E-state index in [1.54, 1.807) is 13.0 Å². The number of anilines is 1. The van der Waals surface area contributed by atoms with Crippen molar-refractivity contribution in [2.24, 2.45) is 0 Å². The first-order chi connectivity index (χ1) is 11.4. The Morgan fingerprint density at radius 1 is 1.21 bits per heavy atom. The molecule has 0 saturated carbocycles. The Hall–Kier alpha value is -2.25. The van der Waals surface area contributed by atoms with Crippen LogP contribution in [0.5, 0.6) is 11.5 Å². The molecule has 2 aromatic rings. The second-order valence-corrected chi connectivity index (χ2v) is 7.76. The Kier molecular flexibility index (Phi) is 4.38. The summed E-state index contributed by atoms with van der Waals surface area (Å²) in [6, 6.07) is 9.02. The van der Waals surface area contributed by atoms with Crippen LogP contribution >= 0.6 is 11.6 Å². The highest BCUT2D eigenvalue weighted by Gasteiger charge is 2.21. The van der Waals surface area contributed by atoms with Gasteiger partial charge in [0.05, 0.1) is 15.7 Å². The number of carbonyl (C=O) groups is 1. The molecule has 0 fully saturated rings. The highest BCUT2D eigenvalue weighted by molar-refractivity contribution is 7.91. The highest BCUT2D eigenvalue weighted by Crippen LogP contribution is 2.39. The van der Waals surface area contributed by atoms with Crippen molar-refractivity contribution in [3.05, 3.63) is 47.0 Å². The summed E-state index contributed by atoms with van der Waals surface area (Å²) >= 11 is 6.06. The summed E-state index contributed by atoms with van der Waals surface area (Å²) in [6.45, 7) is 1.64. The third kappa shape index (κ3) is 3.18. The average Bonchev–Trinajstić information content (AvgIpc) is 3.04. The molecule has 1 aliphatic heterocycles. The van der Waals surface area contributed by atoms with Crippen molar-refractivity contribution in [3.63, 3.8) is 0 Å². The van der Waals surface area contributed by atoms with Crippen molar-refractivity contribution < 1.29 is 22.7 Å². The third-order valence-corrected chi connectivity index (χ3v) is 5.57. The van der Waals surface area contributed by atoms with Crippen molar-refractivity contribution >= 4 is 33.0 Å².